The zero-order valence-corrected chi connectivity index (χ0v) is 6.00. The van der Waals surface area contributed by atoms with E-state index in [1.165, 1.54) is 5.10 Å². The van der Waals surface area contributed by atoms with Crippen LogP contribution in [0.15, 0.2) is 0 Å². The number of nitrogens with one attached hydrogen (secondary N) is 1. The summed E-state index contributed by atoms with van der Waals surface area (Å²) in [5.41, 5.74) is -4.11. The average Bonchev–Trinajstić information content (AvgIpc) is 2.16. The number of aromatic nitrogens is 2. The summed E-state index contributed by atoms with van der Waals surface area (Å²) in [5.74, 6) is -4.35. The van der Waals surface area contributed by atoms with Gasteiger partial charge in [-0.3, -0.25) is 0 Å². The van der Waals surface area contributed by atoms with Crippen LogP contribution in [0.3, 0.4) is 0 Å². The van der Waals surface area contributed by atoms with Gasteiger partial charge in [0.15, 0.2) is 0 Å². The molecule has 1 rings (SSSR count). The number of rotatable bonds is 2. The van der Waals surface area contributed by atoms with E-state index in [1.54, 1.807) is 0 Å². The van der Waals surface area contributed by atoms with Gasteiger partial charge in [-0.1, -0.05) is 0 Å². The third-order valence-corrected chi connectivity index (χ3v) is 0.926. The lowest BCUT2D eigenvalue weighted by Gasteiger charge is -2.06. The van der Waals surface area contributed by atoms with Crippen molar-refractivity contribution in [2.24, 2.45) is 0 Å². The molecular formula is C4HClF4N2O. The molecule has 1 aromatic heterocycles. The predicted octanol–water partition coefficient (Wildman–Crippen LogP) is 1.86. The fraction of sp³-hybridized carbons (Fsp3) is 0.250. The molecule has 1 N–H and O–H groups in total. The molecule has 0 saturated heterocycles. The Bertz CT molecular complexity index is 283. The van der Waals surface area contributed by atoms with Crippen LogP contribution in [-0.4, -0.2) is 15.8 Å². The van der Waals surface area contributed by atoms with E-state index in [0.717, 1.165) is 0 Å². The molecule has 0 unspecified atom stereocenters. The number of nitrogens with zero attached hydrogens (tertiary/aromatic N) is 1. The predicted molar refractivity (Wildman–Crippen MR) is 29.9 cm³/mol. The van der Waals surface area contributed by atoms with Crippen molar-refractivity contribution in [2.75, 3.05) is 0 Å². The first-order valence-electron chi connectivity index (χ1n) is 2.55. The maximum absolute atomic E-state index is 12.3. The molecule has 0 bridgehead atoms. The first-order valence-corrected chi connectivity index (χ1v) is 2.93. The van der Waals surface area contributed by atoms with Crippen molar-refractivity contribution in [3.63, 3.8) is 0 Å². The molecule has 0 aliphatic heterocycles. The molecule has 0 radical (unpaired) electrons. The number of aromatic amines is 1. The summed E-state index contributed by atoms with van der Waals surface area (Å²) < 4.78 is 51.4. The zero-order chi connectivity index (χ0) is 9.35. The van der Waals surface area contributed by atoms with Gasteiger partial charge in [0.05, 0.1) is 0 Å². The Balaban J connectivity index is 2.83. The van der Waals surface area contributed by atoms with Crippen LogP contribution in [0.2, 0.25) is 0 Å². The van der Waals surface area contributed by atoms with E-state index in [9.17, 15) is 17.6 Å². The topological polar surface area (TPSA) is 37.9 Å². The second-order valence-electron chi connectivity index (χ2n) is 1.70. The molecule has 12 heavy (non-hydrogen) atoms. The van der Waals surface area contributed by atoms with Crippen LogP contribution in [0.5, 0.6) is 5.88 Å². The molecule has 8 heteroatoms. The fourth-order valence-electron chi connectivity index (χ4n) is 0.469. The van der Waals surface area contributed by atoms with Crippen LogP contribution in [0.1, 0.15) is 0 Å². The number of H-pyrrole nitrogens is 1. The van der Waals surface area contributed by atoms with E-state index in [4.69, 9.17) is 0 Å². The lowest BCUT2D eigenvalue weighted by atomic mass is 10.6. The van der Waals surface area contributed by atoms with Gasteiger partial charge in [-0.15, -0.1) is 13.9 Å². The van der Waals surface area contributed by atoms with Crippen LogP contribution in [0, 0.1) is 11.8 Å². The fourth-order valence-corrected chi connectivity index (χ4v) is 0.542. The maximum atomic E-state index is 12.3. The highest BCUT2D eigenvalue weighted by Gasteiger charge is 2.31. The van der Waals surface area contributed by atoms with E-state index in [-0.39, 0.29) is 0 Å². The summed E-state index contributed by atoms with van der Waals surface area (Å²) in [7, 11) is 0. The molecule has 0 aliphatic carbocycles. The lowest BCUT2D eigenvalue weighted by Crippen LogP contribution is -2.16. The third kappa shape index (κ3) is 2.00. The Labute approximate surface area is 68.3 Å². The molecular weight excluding hydrogens is 204 g/mol. The first kappa shape index (κ1) is 9.11. The molecule has 0 spiro atoms. The van der Waals surface area contributed by atoms with Crippen molar-refractivity contribution in [3.05, 3.63) is 11.8 Å². The molecule has 0 atom stereocenters. The SMILES string of the molecule is Fc1[nH]nc(OC(F)(F)Cl)c1F. The Morgan fingerprint density at radius 1 is 1.42 bits per heavy atom. The highest BCUT2D eigenvalue weighted by Crippen LogP contribution is 2.25. The van der Waals surface area contributed by atoms with Gasteiger partial charge in [0.25, 0.3) is 5.88 Å². The summed E-state index contributed by atoms with van der Waals surface area (Å²) in [5, 5.41) is 4.19. The number of ether oxygens (including phenoxy) is 1. The lowest BCUT2D eigenvalue weighted by molar-refractivity contribution is -0.101. The van der Waals surface area contributed by atoms with Gasteiger partial charge in [0.1, 0.15) is 0 Å². The van der Waals surface area contributed by atoms with Crippen molar-refractivity contribution < 1.29 is 22.3 Å². The maximum Gasteiger partial charge on any atom is 0.488 e. The van der Waals surface area contributed by atoms with Crippen LogP contribution in [0.25, 0.3) is 0 Å². The second kappa shape index (κ2) is 2.81. The van der Waals surface area contributed by atoms with Gasteiger partial charge in [0.2, 0.25) is 11.8 Å². The van der Waals surface area contributed by atoms with Crippen molar-refractivity contribution in [1.29, 1.82) is 0 Å². The van der Waals surface area contributed by atoms with Gasteiger partial charge in [-0.05, 0) is 0 Å². The van der Waals surface area contributed by atoms with Crippen LogP contribution in [-0.2, 0) is 0 Å². The molecule has 1 aromatic rings. The molecule has 0 fully saturated rings. The molecule has 1 heterocycles. The number of hydrogen-bond donors (Lipinski definition) is 1. The Morgan fingerprint density at radius 2 is 2.00 bits per heavy atom. The quantitative estimate of drug-likeness (QED) is 0.590. The minimum atomic E-state index is -4.11. The van der Waals surface area contributed by atoms with Gasteiger partial charge in [-0.2, -0.15) is 8.78 Å². The molecule has 0 amide bonds. The summed E-state index contributed by atoms with van der Waals surface area (Å²) in [6, 6.07) is 0. The smallest absolute Gasteiger partial charge is 0.397 e. The van der Waals surface area contributed by atoms with Crippen molar-refractivity contribution in [3.8, 4) is 5.88 Å². The summed E-state index contributed by atoms with van der Waals surface area (Å²) >= 11 is 4.25. The van der Waals surface area contributed by atoms with E-state index in [1.807, 2.05) is 0 Å². The van der Waals surface area contributed by atoms with E-state index in [2.05, 4.69) is 21.4 Å². The highest BCUT2D eigenvalue weighted by atomic mass is 35.5. The van der Waals surface area contributed by atoms with Gasteiger partial charge >= 0.3 is 5.57 Å². The Morgan fingerprint density at radius 3 is 2.33 bits per heavy atom. The van der Waals surface area contributed by atoms with Crippen molar-refractivity contribution in [2.45, 2.75) is 5.57 Å². The largest absolute Gasteiger partial charge is 0.488 e. The Hall–Kier alpha value is -0.980. The minimum Gasteiger partial charge on any atom is -0.397 e. The van der Waals surface area contributed by atoms with E-state index < -0.39 is 23.2 Å². The normalized spacial score (nSPS) is 11.8. The van der Waals surface area contributed by atoms with Crippen molar-refractivity contribution in [1.82, 2.24) is 10.2 Å². The monoisotopic (exact) mass is 204 g/mol. The minimum absolute atomic E-state index is 1.22. The van der Waals surface area contributed by atoms with Gasteiger partial charge in [0, 0.05) is 11.6 Å². The molecule has 0 aromatic carbocycles. The molecule has 3 nitrogen and oxygen atoms in total. The summed E-state index contributed by atoms with van der Waals surface area (Å²) in [4.78, 5) is 0. The first-order chi connectivity index (χ1) is 5.40. The Kier molecular flexibility index (Phi) is 2.14. The van der Waals surface area contributed by atoms with Crippen LogP contribution in [0.4, 0.5) is 17.6 Å². The number of hydrogen-bond acceptors (Lipinski definition) is 2. The third-order valence-electron chi connectivity index (χ3n) is 0.848. The second-order valence-corrected chi connectivity index (χ2v) is 2.14. The molecule has 0 aliphatic rings. The molecule has 0 saturated carbocycles. The summed E-state index contributed by atoms with van der Waals surface area (Å²) in [6.07, 6.45) is 0. The summed E-state index contributed by atoms with van der Waals surface area (Å²) in [6.45, 7) is 0. The average molecular weight is 205 g/mol. The van der Waals surface area contributed by atoms with Crippen LogP contribution < -0.4 is 4.74 Å². The number of halogens is 5. The van der Waals surface area contributed by atoms with E-state index >= 15 is 0 Å². The van der Waals surface area contributed by atoms with Gasteiger partial charge < -0.3 is 4.74 Å². The van der Waals surface area contributed by atoms with Crippen LogP contribution >= 0.6 is 11.6 Å². The zero-order valence-electron chi connectivity index (χ0n) is 5.25. The van der Waals surface area contributed by atoms with Gasteiger partial charge in [-0.25, -0.2) is 5.10 Å². The standard InChI is InChI=1S/C4HClF4N2O/c5-4(8,9)12-3-1(6)2(7)10-11-3/h(H,10,11). The van der Waals surface area contributed by atoms with E-state index in [0.29, 0.717) is 0 Å². The molecule has 68 valence electrons. The number of alkyl halides is 3. The van der Waals surface area contributed by atoms with Crippen molar-refractivity contribution >= 4 is 11.6 Å². The highest BCUT2D eigenvalue weighted by molar-refractivity contribution is 6.20.